The van der Waals surface area contributed by atoms with Crippen LogP contribution in [0.15, 0.2) is 16.8 Å². The summed E-state index contributed by atoms with van der Waals surface area (Å²) in [6, 6.07) is 1.99. The Morgan fingerprint density at radius 3 is 2.80 bits per heavy atom. The Kier molecular flexibility index (Phi) is 7.72. The van der Waals surface area contributed by atoms with Crippen molar-refractivity contribution in [3.05, 3.63) is 22.4 Å². The summed E-state index contributed by atoms with van der Waals surface area (Å²) in [7, 11) is 0. The minimum Gasteiger partial charge on any atom is -0.481 e. The molecule has 0 aliphatic carbocycles. The summed E-state index contributed by atoms with van der Waals surface area (Å²) >= 11 is 1.65. The lowest BCUT2D eigenvalue weighted by Gasteiger charge is -2.14. The maximum Gasteiger partial charge on any atom is 0.315 e. The molecule has 112 valence electrons. The predicted molar refractivity (Wildman–Crippen MR) is 80.1 cm³/mol. The van der Waals surface area contributed by atoms with Gasteiger partial charge in [0.05, 0.1) is 0 Å². The van der Waals surface area contributed by atoms with Crippen LogP contribution in [-0.2, 0) is 11.2 Å². The van der Waals surface area contributed by atoms with Crippen molar-refractivity contribution < 1.29 is 14.7 Å². The van der Waals surface area contributed by atoms with Crippen LogP contribution in [0, 0.1) is 0 Å². The highest BCUT2D eigenvalue weighted by atomic mass is 32.1. The van der Waals surface area contributed by atoms with Crippen LogP contribution in [0.3, 0.4) is 0 Å². The summed E-state index contributed by atoms with van der Waals surface area (Å²) in [6.45, 7) is 2.56. The number of urea groups is 1. The van der Waals surface area contributed by atoms with E-state index < -0.39 is 5.97 Å². The number of nitrogens with one attached hydrogen (secondary N) is 2. The lowest BCUT2D eigenvalue weighted by Crippen LogP contribution is -2.41. The first-order valence-corrected chi connectivity index (χ1v) is 7.79. The number of carboxylic acid groups (broad SMARTS) is 1. The molecule has 0 aliphatic rings. The first-order valence-electron chi connectivity index (χ1n) is 6.85. The SMILES string of the molecule is CC(Cc1ccsc1)NC(=O)NCCCCCC(=O)O. The van der Waals surface area contributed by atoms with Gasteiger partial charge in [-0.15, -0.1) is 0 Å². The predicted octanol–water partition coefficient (Wildman–Crippen LogP) is 2.62. The van der Waals surface area contributed by atoms with E-state index in [-0.39, 0.29) is 18.5 Å². The molecular formula is C14H22N2O3S. The number of carboxylic acids is 1. The van der Waals surface area contributed by atoms with Crippen LogP contribution >= 0.6 is 11.3 Å². The highest BCUT2D eigenvalue weighted by Gasteiger charge is 2.07. The van der Waals surface area contributed by atoms with Crippen molar-refractivity contribution in [1.82, 2.24) is 10.6 Å². The first-order chi connectivity index (χ1) is 9.58. The molecular weight excluding hydrogens is 276 g/mol. The zero-order valence-corrected chi connectivity index (χ0v) is 12.5. The highest BCUT2D eigenvalue weighted by Crippen LogP contribution is 2.08. The van der Waals surface area contributed by atoms with E-state index in [9.17, 15) is 9.59 Å². The highest BCUT2D eigenvalue weighted by molar-refractivity contribution is 7.07. The lowest BCUT2D eigenvalue weighted by atomic mass is 10.1. The van der Waals surface area contributed by atoms with Gasteiger partial charge in [0.2, 0.25) is 0 Å². The van der Waals surface area contributed by atoms with Gasteiger partial charge in [0, 0.05) is 19.0 Å². The number of hydrogen-bond donors (Lipinski definition) is 3. The van der Waals surface area contributed by atoms with Crippen molar-refractivity contribution >= 4 is 23.3 Å². The normalized spacial score (nSPS) is 11.8. The van der Waals surface area contributed by atoms with Gasteiger partial charge in [-0.1, -0.05) is 6.42 Å². The van der Waals surface area contributed by atoms with Crippen LogP contribution in [0.25, 0.3) is 0 Å². The Balaban J connectivity index is 2.03. The summed E-state index contributed by atoms with van der Waals surface area (Å²) < 4.78 is 0. The minimum absolute atomic E-state index is 0.0941. The van der Waals surface area contributed by atoms with Gasteiger partial charge in [-0.05, 0) is 48.6 Å². The number of carbonyl (C=O) groups excluding carboxylic acids is 1. The molecule has 1 unspecified atom stereocenters. The molecule has 0 saturated carbocycles. The Bertz CT molecular complexity index is 407. The molecule has 3 N–H and O–H groups in total. The van der Waals surface area contributed by atoms with Crippen LogP contribution in [0.2, 0.25) is 0 Å². The molecule has 1 aromatic heterocycles. The van der Waals surface area contributed by atoms with E-state index >= 15 is 0 Å². The quantitative estimate of drug-likeness (QED) is 0.613. The van der Waals surface area contributed by atoms with Gasteiger partial charge in [-0.2, -0.15) is 11.3 Å². The molecule has 0 fully saturated rings. The van der Waals surface area contributed by atoms with Crippen molar-refractivity contribution in [2.75, 3.05) is 6.54 Å². The molecule has 0 saturated heterocycles. The molecule has 1 aromatic rings. The number of amides is 2. The van der Waals surface area contributed by atoms with E-state index in [1.165, 1.54) is 5.56 Å². The third kappa shape index (κ3) is 7.78. The Hall–Kier alpha value is -1.56. The fourth-order valence-electron chi connectivity index (χ4n) is 1.87. The number of aliphatic carboxylic acids is 1. The number of rotatable bonds is 9. The topological polar surface area (TPSA) is 78.4 Å². The Labute approximate surface area is 123 Å². The van der Waals surface area contributed by atoms with Crippen LogP contribution in [0.1, 0.15) is 38.2 Å². The molecule has 5 nitrogen and oxygen atoms in total. The molecule has 1 rings (SSSR count). The van der Waals surface area contributed by atoms with Gasteiger partial charge in [-0.25, -0.2) is 4.79 Å². The van der Waals surface area contributed by atoms with Crippen molar-refractivity contribution in [2.24, 2.45) is 0 Å². The van der Waals surface area contributed by atoms with Crippen molar-refractivity contribution in [3.63, 3.8) is 0 Å². The van der Waals surface area contributed by atoms with E-state index in [0.717, 1.165) is 19.3 Å². The molecule has 20 heavy (non-hydrogen) atoms. The second kappa shape index (κ2) is 9.36. The van der Waals surface area contributed by atoms with E-state index in [1.54, 1.807) is 11.3 Å². The minimum atomic E-state index is -0.766. The number of thiophene rings is 1. The molecule has 1 atom stereocenters. The number of carbonyl (C=O) groups is 2. The lowest BCUT2D eigenvalue weighted by molar-refractivity contribution is -0.137. The van der Waals surface area contributed by atoms with Gasteiger partial charge in [0.15, 0.2) is 0 Å². The molecule has 0 bridgehead atoms. The van der Waals surface area contributed by atoms with Crippen LogP contribution in [0.5, 0.6) is 0 Å². The van der Waals surface area contributed by atoms with Crippen LogP contribution in [0.4, 0.5) is 4.79 Å². The zero-order valence-electron chi connectivity index (χ0n) is 11.7. The Morgan fingerprint density at radius 1 is 1.35 bits per heavy atom. The number of unbranched alkanes of at least 4 members (excludes halogenated alkanes) is 2. The first kappa shape index (κ1) is 16.5. The van der Waals surface area contributed by atoms with E-state index in [1.807, 2.05) is 12.3 Å². The van der Waals surface area contributed by atoms with E-state index in [2.05, 4.69) is 22.1 Å². The molecule has 2 amide bonds. The molecule has 0 aliphatic heterocycles. The van der Waals surface area contributed by atoms with Gasteiger partial charge in [0.1, 0.15) is 0 Å². The monoisotopic (exact) mass is 298 g/mol. The fraction of sp³-hybridized carbons (Fsp3) is 0.571. The van der Waals surface area contributed by atoms with Crippen LogP contribution < -0.4 is 10.6 Å². The van der Waals surface area contributed by atoms with Gasteiger partial charge >= 0.3 is 12.0 Å². The second-order valence-corrected chi connectivity index (χ2v) is 5.62. The van der Waals surface area contributed by atoms with Gasteiger partial charge in [0.25, 0.3) is 0 Å². The average Bonchev–Trinajstić information content (AvgIpc) is 2.85. The van der Waals surface area contributed by atoms with E-state index in [0.29, 0.717) is 13.0 Å². The number of hydrogen-bond acceptors (Lipinski definition) is 3. The molecule has 0 radical (unpaired) electrons. The largest absolute Gasteiger partial charge is 0.481 e. The summed E-state index contributed by atoms with van der Waals surface area (Å²) in [5, 5.41) is 18.3. The summed E-state index contributed by atoms with van der Waals surface area (Å²) in [5.74, 6) is -0.766. The fourth-order valence-corrected chi connectivity index (χ4v) is 2.55. The van der Waals surface area contributed by atoms with Crippen molar-refractivity contribution in [3.8, 4) is 0 Å². The third-order valence-electron chi connectivity index (χ3n) is 2.85. The maximum absolute atomic E-state index is 11.6. The van der Waals surface area contributed by atoms with E-state index in [4.69, 9.17) is 5.11 Å². The maximum atomic E-state index is 11.6. The molecule has 6 heteroatoms. The summed E-state index contributed by atoms with van der Waals surface area (Å²) in [6.07, 6.45) is 3.31. The standard InChI is InChI=1S/C14H22N2O3S/c1-11(9-12-6-8-20-10-12)16-14(19)15-7-4-2-3-5-13(17)18/h6,8,10-11H,2-5,7,9H2,1H3,(H,17,18)(H2,15,16,19). The van der Waals surface area contributed by atoms with Gasteiger partial charge in [-0.3, -0.25) is 4.79 Å². The second-order valence-electron chi connectivity index (χ2n) is 4.84. The van der Waals surface area contributed by atoms with Gasteiger partial charge < -0.3 is 15.7 Å². The molecule has 1 heterocycles. The van der Waals surface area contributed by atoms with Crippen LogP contribution in [-0.4, -0.2) is 29.7 Å². The third-order valence-corrected chi connectivity index (χ3v) is 3.58. The molecule has 0 aromatic carbocycles. The Morgan fingerprint density at radius 2 is 2.15 bits per heavy atom. The average molecular weight is 298 g/mol. The summed E-state index contributed by atoms with van der Waals surface area (Å²) in [4.78, 5) is 21.9. The van der Waals surface area contributed by atoms with Crippen molar-refractivity contribution in [1.29, 1.82) is 0 Å². The zero-order chi connectivity index (χ0) is 14.8. The molecule has 0 spiro atoms. The summed E-state index contributed by atoms with van der Waals surface area (Å²) in [5.41, 5.74) is 1.23. The van der Waals surface area contributed by atoms with Crippen molar-refractivity contribution in [2.45, 2.75) is 45.1 Å². The smallest absolute Gasteiger partial charge is 0.315 e.